The summed E-state index contributed by atoms with van der Waals surface area (Å²) in [4.78, 5) is 11.9. The van der Waals surface area contributed by atoms with Crippen LogP contribution in [-0.4, -0.2) is 25.5 Å². The van der Waals surface area contributed by atoms with E-state index in [0.717, 1.165) is 31.5 Å². The molecule has 1 aliphatic rings. The van der Waals surface area contributed by atoms with E-state index in [9.17, 15) is 9.18 Å². The summed E-state index contributed by atoms with van der Waals surface area (Å²) in [5.41, 5.74) is 1.15. The summed E-state index contributed by atoms with van der Waals surface area (Å²) < 4.78 is 14.2. The van der Waals surface area contributed by atoms with Crippen molar-refractivity contribution < 1.29 is 9.18 Å². The molecule has 0 aromatic heterocycles. The predicted molar refractivity (Wildman–Crippen MR) is 78.4 cm³/mol. The van der Waals surface area contributed by atoms with Crippen LogP contribution in [0.4, 0.5) is 4.39 Å². The highest BCUT2D eigenvalue weighted by Crippen LogP contribution is 2.27. The Morgan fingerprint density at radius 1 is 1.40 bits per heavy atom. The van der Waals surface area contributed by atoms with Crippen molar-refractivity contribution in [1.82, 2.24) is 10.6 Å². The highest BCUT2D eigenvalue weighted by Gasteiger charge is 2.19. The van der Waals surface area contributed by atoms with Crippen molar-refractivity contribution in [2.45, 2.75) is 32.6 Å². The van der Waals surface area contributed by atoms with Crippen LogP contribution in [-0.2, 0) is 0 Å². The summed E-state index contributed by atoms with van der Waals surface area (Å²) in [6.07, 6.45) is 1.91. The van der Waals surface area contributed by atoms with Gasteiger partial charge in [-0.1, -0.05) is 19.9 Å². The number of halogens is 1. The Hall–Kier alpha value is -1.42. The Kier molecular flexibility index (Phi) is 5.12. The van der Waals surface area contributed by atoms with Crippen LogP contribution in [0.5, 0.6) is 0 Å². The molecule has 0 bridgehead atoms. The molecule has 110 valence electrons. The molecular formula is C16H23FN2O. The summed E-state index contributed by atoms with van der Waals surface area (Å²) >= 11 is 0. The standard InChI is InChI=1S/C16H23FN2O/c1-11(2)10-19-16(20)13-3-4-14(15(17)9-13)12-5-7-18-8-6-12/h3-4,9,11-12,18H,5-8,10H2,1-2H3,(H,19,20). The number of amides is 1. The smallest absolute Gasteiger partial charge is 0.251 e. The van der Waals surface area contributed by atoms with Gasteiger partial charge in [-0.15, -0.1) is 0 Å². The molecule has 0 atom stereocenters. The molecule has 1 amide bonds. The normalized spacial score (nSPS) is 16.4. The molecule has 4 heteroatoms. The van der Waals surface area contributed by atoms with Gasteiger partial charge in [-0.2, -0.15) is 0 Å². The molecule has 0 aliphatic carbocycles. The number of benzene rings is 1. The molecule has 1 fully saturated rings. The topological polar surface area (TPSA) is 41.1 Å². The fourth-order valence-electron chi connectivity index (χ4n) is 2.53. The summed E-state index contributed by atoms with van der Waals surface area (Å²) in [5, 5.41) is 6.08. The van der Waals surface area contributed by atoms with Gasteiger partial charge < -0.3 is 10.6 Å². The van der Waals surface area contributed by atoms with Crippen molar-refractivity contribution in [3.8, 4) is 0 Å². The van der Waals surface area contributed by atoms with Crippen LogP contribution >= 0.6 is 0 Å². The number of carbonyl (C=O) groups excluding carboxylic acids is 1. The quantitative estimate of drug-likeness (QED) is 0.889. The van der Waals surface area contributed by atoms with Crippen molar-refractivity contribution in [3.05, 3.63) is 35.1 Å². The van der Waals surface area contributed by atoms with Crippen LogP contribution in [0.25, 0.3) is 0 Å². The second-order valence-corrected chi connectivity index (χ2v) is 5.86. The lowest BCUT2D eigenvalue weighted by atomic mass is 9.89. The summed E-state index contributed by atoms with van der Waals surface area (Å²) in [6, 6.07) is 4.87. The van der Waals surface area contributed by atoms with Crippen LogP contribution in [0.2, 0.25) is 0 Å². The highest BCUT2D eigenvalue weighted by atomic mass is 19.1. The first-order valence-corrected chi connectivity index (χ1v) is 7.36. The molecule has 1 saturated heterocycles. The monoisotopic (exact) mass is 278 g/mol. The third-order valence-corrected chi connectivity index (χ3v) is 3.71. The van der Waals surface area contributed by atoms with Crippen LogP contribution in [0.3, 0.4) is 0 Å². The van der Waals surface area contributed by atoms with Crippen LogP contribution in [0.1, 0.15) is 48.5 Å². The molecule has 1 aliphatic heterocycles. The maximum Gasteiger partial charge on any atom is 0.251 e. The first kappa shape index (κ1) is 15.0. The zero-order valence-electron chi connectivity index (χ0n) is 12.2. The molecule has 0 unspecified atom stereocenters. The van der Waals surface area contributed by atoms with Gasteiger partial charge in [0.25, 0.3) is 5.91 Å². The third kappa shape index (κ3) is 3.79. The molecule has 1 aromatic carbocycles. The molecule has 20 heavy (non-hydrogen) atoms. The molecule has 1 heterocycles. The number of hydrogen-bond acceptors (Lipinski definition) is 2. The van der Waals surface area contributed by atoms with Gasteiger partial charge >= 0.3 is 0 Å². The summed E-state index contributed by atoms with van der Waals surface area (Å²) in [6.45, 7) is 6.53. The number of piperidine rings is 1. The van der Waals surface area contributed by atoms with E-state index in [-0.39, 0.29) is 17.6 Å². The lowest BCUT2D eigenvalue weighted by Gasteiger charge is -2.23. The molecule has 0 radical (unpaired) electrons. The Labute approximate surface area is 120 Å². The minimum absolute atomic E-state index is 0.200. The van der Waals surface area contributed by atoms with Crippen LogP contribution in [0, 0.1) is 11.7 Å². The molecular weight excluding hydrogens is 255 g/mol. The first-order valence-electron chi connectivity index (χ1n) is 7.36. The van der Waals surface area contributed by atoms with E-state index < -0.39 is 0 Å². The van der Waals surface area contributed by atoms with E-state index in [1.807, 2.05) is 13.8 Å². The lowest BCUT2D eigenvalue weighted by Crippen LogP contribution is -2.28. The molecule has 3 nitrogen and oxygen atoms in total. The van der Waals surface area contributed by atoms with Crippen LogP contribution in [0.15, 0.2) is 18.2 Å². The number of carbonyl (C=O) groups is 1. The van der Waals surface area contributed by atoms with Gasteiger partial charge in [0.2, 0.25) is 0 Å². The zero-order chi connectivity index (χ0) is 14.5. The van der Waals surface area contributed by atoms with Gasteiger partial charge in [0, 0.05) is 12.1 Å². The van der Waals surface area contributed by atoms with E-state index in [0.29, 0.717) is 18.0 Å². The van der Waals surface area contributed by atoms with E-state index in [4.69, 9.17) is 0 Å². The van der Waals surface area contributed by atoms with E-state index in [2.05, 4.69) is 10.6 Å². The Morgan fingerprint density at radius 2 is 2.10 bits per heavy atom. The SMILES string of the molecule is CC(C)CNC(=O)c1ccc(C2CCNCC2)c(F)c1. The molecule has 2 N–H and O–H groups in total. The lowest BCUT2D eigenvalue weighted by molar-refractivity contribution is 0.0948. The fourth-order valence-corrected chi connectivity index (χ4v) is 2.53. The fraction of sp³-hybridized carbons (Fsp3) is 0.562. The van der Waals surface area contributed by atoms with E-state index in [1.54, 1.807) is 12.1 Å². The molecule has 2 rings (SSSR count). The average Bonchev–Trinajstić information content (AvgIpc) is 2.45. The average molecular weight is 278 g/mol. The second kappa shape index (κ2) is 6.84. The van der Waals surface area contributed by atoms with Crippen molar-refractivity contribution in [1.29, 1.82) is 0 Å². The minimum atomic E-state index is -0.255. The van der Waals surface area contributed by atoms with Gasteiger partial charge in [-0.05, 0) is 55.5 Å². The van der Waals surface area contributed by atoms with Crippen molar-refractivity contribution in [3.63, 3.8) is 0 Å². The Balaban J connectivity index is 2.06. The second-order valence-electron chi connectivity index (χ2n) is 5.86. The summed E-state index contributed by atoms with van der Waals surface area (Å²) in [7, 11) is 0. The zero-order valence-corrected chi connectivity index (χ0v) is 12.2. The Bertz CT molecular complexity index is 468. The van der Waals surface area contributed by atoms with Crippen molar-refractivity contribution >= 4 is 5.91 Å². The first-order chi connectivity index (χ1) is 9.58. The molecule has 1 aromatic rings. The number of rotatable bonds is 4. The van der Waals surface area contributed by atoms with Crippen molar-refractivity contribution in [2.75, 3.05) is 19.6 Å². The molecule has 0 saturated carbocycles. The predicted octanol–water partition coefficient (Wildman–Crippen LogP) is 2.68. The minimum Gasteiger partial charge on any atom is -0.352 e. The Morgan fingerprint density at radius 3 is 2.70 bits per heavy atom. The highest BCUT2D eigenvalue weighted by molar-refractivity contribution is 5.94. The van der Waals surface area contributed by atoms with Gasteiger partial charge in [0.15, 0.2) is 0 Å². The summed E-state index contributed by atoms with van der Waals surface area (Å²) in [5.74, 6) is 0.199. The van der Waals surface area contributed by atoms with Gasteiger partial charge in [0.1, 0.15) is 5.82 Å². The van der Waals surface area contributed by atoms with Gasteiger partial charge in [-0.25, -0.2) is 4.39 Å². The maximum atomic E-state index is 14.2. The van der Waals surface area contributed by atoms with E-state index >= 15 is 0 Å². The number of hydrogen-bond donors (Lipinski definition) is 2. The van der Waals surface area contributed by atoms with Crippen molar-refractivity contribution in [2.24, 2.45) is 5.92 Å². The van der Waals surface area contributed by atoms with Gasteiger partial charge in [-0.3, -0.25) is 4.79 Å². The largest absolute Gasteiger partial charge is 0.352 e. The number of nitrogens with one attached hydrogen (secondary N) is 2. The third-order valence-electron chi connectivity index (χ3n) is 3.71. The van der Waals surface area contributed by atoms with Crippen LogP contribution < -0.4 is 10.6 Å². The maximum absolute atomic E-state index is 14.2. The molecule has 0 spiro atoms. The van der Waals surface area contributed by atoms with Gasteiger partial charge in [0.05, 0.1) is 0 Å². The van der Waals surface area contributed by atoms with E-state index in [1.165, 1.54) is 6.07 Å².